The maximum absolute atomic E-state index is 15.5. The molecule has 8 amide bonds. The zero-order chi connectivity index (χ0) is 92.6. The van der Waals surface area contributed by atoms with Crippen LogP contribution in [0.25, 0.3) is 5.57 Å². The Morgan fingerprint density at radius 3 is 2.22 bits per heavy atom. The number of anilines is 1. The Bertz CT molecular complexity index is 4650. The number of nitrogens with one attached hydrogen (secondary N) is 7. The van der Waals surface area contributed by atoms with E-state index in [1.54, 1.807) is 69.4 Å². The van der Waals surface area contributed by atoms with Crippen LogP contribution in [0.1, 0.15) is 134 Å². The van der Waals surface area contributed by atoms with Crippen molar-refractivity contribution < 1.29 is 107 Å². The van der Waals surface area contributed by atoms with Crippen LogP contribution in [0.5, 0.6) is 11.5 Å². The van der Waals surface area contributed by atoms with E-state index in [1.165, 1.54) is 78.6 Å². The first-order chi connectivity index (χ1) is 60.4. The van der Waals surface area contributed by atoms with Gasteiger partial charge in [0, 0.05) is 81.7 Å². The molecule has 3 fully saturated rings. The smallest absolute Gasteiger partial charge is 0.328 e. The Balaban J connectivity index is 0.900. The van der Waals surface area contributed by atoms with Crippen LogP contribution in [0.2, 0.25) is 5.02 Å². The zero-order valence-corrected chi connectivity index (χ0v) is 77.0. The molecule has 692 valence electrons. The number of fused-ring (bicyclic) bond motifs is 6. The lowest BCUT2D eigenvalue weighted by molar-refractivity contribution is -0.187. The Morgan fingerprint density at radius 2 is 1.53 bits per heavy atom. The van der Waals surface area contributed by atoms with E-state index in [-0.39, 0.29) is 86.7 Å². The number of carbonyl (C=O) groups excluding carboxylic acids is 11. The summed E-state index contributed by atoms with van der Waals surface area (Å²) >= 11 is 6.91. The van der Waals surface area contributed by atoms with E-state index in [9.17, 15) is 63.9 Å². The van der Waals surface area contributed by atoms with Crippen LogP contribution in [0, 0.1) is 11.8 Å². The van der Waals surface area contributed by atoms with Crippen molar-refractivity contribution in [1.82, 2.24) is 42.1 Å². The molecule has 14 N–H and O–H groups in total. The molecule has 0 radical (unpaired) electrons. The fraction of sp³-hybridized carbons (Fsp3) is 0.533. The minimum atomic E-state index is -1.87. The number of carboxylic acids is 1. The van der Waals surface area contributed by atoms with Crippen LogP contribution in [0.3, 0.4) is 0 Å². The maximum Gasteiger partial charge on any atom is 0.328 e. The number of amides is 8. The number of aliphatic hydroxyl groups excluding tert-OH is 2. The van der Waals surface area contributed by atoms with Gasteiger partial charge in [-0.1, -0.05) is 158 Å². The largest absolute Gasteiger partial charge is 0.508 e. The zero-order valence-electron chi connectivity index (χ0n) is 73.0. The molecule has 18 atom stereocenters. The molecule has 4 bridgehead atoms. The average Bonchev–Trinajstić information content (AvgIpc) is 1.57. The number of epoxide rings is 1. The van der Waals surface area contributed by atoms with Crippen LogP contribution in [-0.4, -0.2) is 262 Å². The highest BCUT2D eigenvalue weighted by atomic mass is 35.5. The molecular formula is C90H119ClN10O22S4. The van der Waals surface area contributed by atoms with Crippen molar-refractivity contribution in [3.05, 3.63) is 154 Å². The Morgan fingerprint density at radius 1 is 0.835 bits per heavy atom. The van der Waals surface area contributed by atoms with Gasteiger partial charge in [-0.3, -0.25) is 47.9 Å². The van der Waals surface area contributed by atoms with E-state index in [0.29, 0.717) is 59.8 Å². The topological polar surface area (TPSA) is 472 Å². The van der Waals surface area contributed by atoms with Crippen LogP contribution < -0.4 is 52.6 Å². The van der Waals surface area contributed by atoms with Crippen LogP contribution in [0.4, 0.5) is 5.69 Å². The predicted octanol–water partition coefficient (Wildman–Crippen LogP) is 5.96. The number of allylic oxidation sites excluding steroid dienone is 4. The van der Waals surface area contributed by atoms with E-state index >= 15 is 19.2 Å². The number of aromatic hydroxyl groups is 1. The lowest BCUT2D eigenvalue weighted by Crippen LogP contribution is -2.62. The standard InChI is InChI=1S/C90H119ClN10O22S4/c1-50-20-18-26-72(120-10)90(118)46-71(121-76(108)47-90)51(2)80-89(6,123-80)73(45-75(107)101(8)68-41-57(38-50)42-70(119-9)77(68)91)122-88(117)52(3)100(7)74(106)33-37-125-124-36-19-35-93-64(40-55-21-12-11-13-22-55)83(111)96-66-48-126-127-49-67(85(113)99-79(54(5)103)87(115)116)97-86(114)78(53(4)102)98-82(110)63(25-16-17-34-92)94-84(112)65(43-59-30-29-58-23-14-15-24-62(58)59)95-81(109)60(44-69(66)105)39-56-27-31-61(104)32-28-56/h11-15,18,20-24,26-28,30-32,41-42,51-54,60,63-67,71-73,78-80,93,102-104,118H,16-17,19,25,29,33-40,43-49,92H2,1-10H3,(H,94,112)(H,95,109)(H,96,111)(H,97,114)(H,98,110)(H,99,113)(H,115,116)/b26-18+,50-20+/t51-,52+,53-,54-,60-,63+,64-,65-,66+,67+,71+,72-,73+,78+,79+,80+,89+,90-/m1/s1. The summed E-state index contributed by atoms with van der Waals surface area (Å²) in [6.07, 6.45) is 0.675. The van der Waals surface area contributed by atoms with Gasteiger partial charge in [-0.25, -0.2) is 9.59 Å². The Hall–Kier alpha value is -9.05. The molecule has 3 saturated heterocycles. The molecule has 127 heavy (non-hydrogen) atoms. The maximum atomic E-state index is 15.5. The van der Waals surface area contributed by atoms with Crippen LogP contribution >= 0.6 is 54.8 Å². The van der Waals surface area contributed by atoms with Gasteiger partial charge in [-0.05, 0) is 157 Å². The number of carboxylic acid groups (broad SMARTS) is 1. The molecule has 4 aromatic rings. The van der Waals surface area contributed by atoms with Crippen LogP contribution in [-0.2, 0) is 102 Å². The third kappa shape index (κ3) is 28.5. The molecule has 0 aromatic heterocycles. The summed E-state index contributed by atoms with van der Waals surface area (Å²) in [6.45, 7) is 9.68. The summed E-state index contributed by atoms with van der Waals surface area (Å²) in [5, 5.41) is 73.6. The first-order valence-corrected chi connectivity index (χ1v) is 47.8. The molecule has 5 aliphatic rings. The second kappa shape index (κ2) is 48.0. The van der Waals surface area contributed by atoms with Crippen LogP contribution in [0.15, 0.2) is 121 Å². The molecule has 32 nitrogen and oxygen atoms in total. The van der Waals surface area contributed by atoms with Crippen molar-refractivity contribution in [3.8, 4) is 11.5 Å². The van der Waals surface area contributed by atoms with Crippen molar-refractivity contribution in [2.45, 2.75) is 228 Å². The first-order valence-electron chi connectivity index (χ1n) is 42.5. The number of unbranched alkanes of at least 4 members (excludes halogenated alkanes) is 1. The number of likely N-dealkylation sites (N-methyl/N-ethyl adjacent to an activating group) is 1. The number of benzene rings is 4. The third-order valence-corrected chi connectivity index (χ3v) is 28.8. The minimum absolute atomic E-state index is 0.00267. The summed E-state index contributed by atoms with van der Waals surface area (Å²) in [5.41, 5.74) is 8.55. The van der Waals surface area contributed by atoms with Gasteiger partial charge in [-0.2, -0.15) is 0 Å². The van der Waals surface area contributed by atoms with Gasteiger partial charge < -0.3 is 102 Å². The Kier molecular flexibility index (Phi) is 38.5. The number of ketones is 1. The number of phenols is 1. The molecule has 4 aromatic carbocycles. The van der Waals surface area contributed by atoms with Gasteiger partial charge in [0.15, 0.2) is 11.8 Å². The van der Waals surface area contributed by atoms with Crippen molar-refractivity contribution >= 4 is 137 Å². The number of nitrogens with zero attached hydrogens (tertiary/aromatic N) is 2. The number of hydrogen-bond donors (Lipinski definition) is 13. The predicted molar refractivity (Wildman–Crippen MR) is 486 cm³/mol. The van der Waals surface area contributed by atoms with E-state index in [0.717, 1.165) is 56.3 Å². The normalized spacial score (nSPS) is 26.6. The monoisotopic (exact) mass is 1850 g/mol. The first kappa shape index (κ1) is 102. The molecule has 4 heterocycles. The molecular weight excluding hydrogens is 1740 g/mol. The molecule has 0 unspecified atom stereocenters. The number of phenolic OH excluding ortho intramolecular Hbond substituents is 1. The van der Waals surface area contributed by atoms with Crippen molar-refractivity contribution in [3.63, 3.8) is 0 Å². The lowest BCUT2D eigenvalue weighted by atomic mass is 9.78. The van der Waals surface area contributed by atoms with Crippen molar-refractivity contribution in [1.29, 1.82) is 0 Å². The number of hydrogen-bond acceptors (Lipinski definition) is 27. The van der Waals surface area contributed by atoms with Gasteiger partial charge in [-0.15, -0.1) is 0 Å². The van der Waals surface area contributed by atoms with E-state index in [1.807, 2.05) is 61.5 Å². The molecule has 0 spiro atoms. The summed E-state index contributed by atoms with van der Waals surface area (Å²) in [6, 6.07) is 14.3. The fourth-order valence-corrected chi connectivity index (χ4v) is 20.5. The number of methoxy groups -OCH3 is 2. The fourth-order valence-electron chi connectivity index (χ4n) is 15.7. The number of esters is 2. The van der Waals surface area contributed by atoms with Gasteiger partial charge in [0.05, 0.1) is 56.0 Å². The number of aliphatic hydroxyl groups is 3. The SMILES string of the molecule is COc1cc2cc(c1Cl)N(C)C(=O)C[C@H](OC(=O)[C@H](C)N(C)C(=O)CCSSCCCN[C@H](Cc1ccccc1)C(=O)N[C@H]1CSSC[C@@H](C(=O)N[C@H](C(=O)O)[C@@H](C)O)NC(=O)[C@H]([C@@H](C)O)NC(=O)[C@H](CCCCN)NC(=O)[C@@H](CC3=CCc4ccccc43)NC(=O)[C@H](Cc3ccc(O)cc3)CC1=O)[C@]1(C)O[C@H]1[C@H](C)[C@@H]1C[C@@](O)(CC(=O)O1)[C@H](OC)/C=C/C=C(\C)C2. The molecule has 1 aliphatic carbocycles. The molecule has 9 rings (SSSR count). The van der Waals surface area contributed by atoms with Gasteiger partial charge in [0.1, 0.15) is 76.2 Å². The minimum Gasteiger partial charge on any atom is -0.508 e. The van der Waals surface area contributed by atoms with Gasteiger partial charge >= 0.3 is 17.9 Å². The number of rotatable bonds is 31. The second-order valence-corrected chi connectivity index (χ2v) is 38.7. The number of ether oxygens (including phenoxy) is 5. The summed E-state index contributed by atoms with van der Waals surface area (Å²) in [5.74, 6) is -11.4. The highest BCUT2D eigenvalue weighted by Crippen LogP contribution is 2.50. The molecule has 4 aliphatic heterocycles. The lowest BCUT2D eigenvalue weighted by Gasteiger charge is -2.41. The van der Waals surface area contributed by atoms with Gasteiger partial charge in [0.2, 0.25) is 47.3 Å². The highest BCUT2D eigenvalue weighted by Gasteiger charge is 2.65. The van der Waals surface area contributed by atoms with E-state index in [2.05, 4.69) is 37.2 Å². The number of aliphatic carboxylic acids is 1. The summed E-state index contributed by atoms with van der Waals surface area (Å²) < 4.78 is 30.0. The number of halogens is 1. The number of nitrogens with two attached hydrogens (primary N) is 1. The highest BCUT2D eigenvalue weighted by molar-refractivity contribution is 8.77. The van der Waals surface area contributed by atoms with E-state index in [4.69, 9.17) is 41.0 Å². The second-order valence-electron chi connectivity index (χ2n) is 33.1. The summed E-state index contributed by atoms with van der Waals surface area (Å²) in [4.78, 5) is 176. The van der Waals surface area contributed by atoms with Gasteiger partial charge in [0.25, 0.3) is 0 Å². The number of carbonyl (C=O) groups is 12. The summed E-state index contributed by atoms with van der Waals surface area (Å²) in [7, 11) is 10.7. The average molecular weight is 1860 g/mol. The molecule has 0 saturated carbocycles. The van der Waals surface area contributed by atoms with E-state index < -0.39 is 192 Å². The third-order valence-electron chi connectivity index (χ3n) is 23.5. The number of Topliss-reactive ketones (excluding diaryl/α,β-unsaturated/α-hetero) is 1. The quantitative estimate of drug-likeness (QED) is 0.0120. The molecule has 37 heteroatoms. The van der Waals surface area contributed by atoms with Crippen molar-refractivity contribution in [2.24, 2.45) is 17.6 Å². The Labute approximate surface area is 760 Å². The van der Waals surface area contributed by atoms with Crippen molar-refractivity contribution in [2.75, 3.05) is 69.3 Å².